The lowest BCUT2D eigenvalue weighted by Crippen LogP contribution is -2.48. The van der Waals surface area contributed by atoms with Gasteiger partial charge in [-0.3, -0.25) is 9.69 Å². The fourth-order valence-corrected chi connectivity index (χ4v) is 7.69. The van der Waals surface area contributed by atoms with Crippen molar-refractivity contribution in [1.82, 2.24) is 9.88 Å². The van der Waals surface area contributed by atoms with E-state index in [9.17, 15) is 10.2 Å². The van der Waals surface area contributed by atoms with Crippen LogP contribution in [-0.4, -0.2) is 57.5 Å². The Labute approximate surface area is 170 Å². The van der Waals surface area contributed by atoms with E-state index in [4.69, 9.17) is 14.9 Å². The highest BCUT2D eigenvalue weighted by atomic mass is 32.1. The Hall–Kier alpha value is -1.02. The minimum atomic E-state index is -0.348. The topological polar surface area (TPSA) is 93.9 Å². The Balaban J connectivity index is 0.000000604. The van der Waals surface area contributed by atoms with Gasteiger partial charge in [0, 0.05) is 43.0 Å². The van der Waals surface area contributed by atoms with Crippen molar-refractivity contribution < 1.29 is 20.1 Å². The van der Waals surface area contributed by atoms with Crippen LogP contribution in [0.1, 0.15) is 55.6 Å². The first-order chi connectivity index (χ1) is 13.5. The smallest absolute Gasteiger partial charge is 0.290 e. The number of nitrogens with zero attached hydrogens (tertiary/aromatic N) is 2. The lowest BCUT2D eigenvalue weighted by Gasteiger charge is -2.56. The normalized spacial score (nSPS) is 39.4. The number of piperidine rings is 1. The Morgan fingerprint density at radius 2 is 1.82 bits per heavy atom. The van der Waals surface area contributed by atoms with Crippen molar-refractivity contribution >= 4 is 17.8 Å². The third kappa shape index (κ3) is 3.99. The summed E-state index contributed by atoms with van der Waals surface area (Å²) in [7, 11) is 0. The van der Waals surface area contributed by atoms with Gasteiger partial charge < -0.3 is 15.3 Å². The van der Waals surface area contributed by atoms with Gasteiger partial charge in [0.1, 0.15) is 0 Å². The van der Waals surface area contributed by atoms with Crippen LogP contribution in [0.4, 0.5) is 0 Å². The third-order valence-electron chi connectivity index (χ3n) is 7.44. The Kier molecular flexibility index (Phi) is 6.06. The third-order valence-corrected chi connectivity index (χ3v) is 8.58. The highest BCUT2D eigenvalue weighted by Crippen LogP contribution is 2.61. The molecule has 2 heterocycles. The quantitative estimate of drug-likeness (QED) is 0.663. The SMILES string of the molecule is O=CO.OC[C@@H]1CN(Cc2csc(C34CC5CC(CC(C5)C3)C4)n2)CC[C@@H]1O. The summed E-state index contributed by atoms with van der Waals surface area (Å²) in [5, 5.41) is 30.0. The zero-order chi connectivity index (χ0) is 19.7. The lowest BCUT2D eigenvalue weighted by atomic mass is 9.50. The highest BCUT2D eigenvalue weighted by molar-refractivity contribution is 7.09. The number of carbonyl (C=O) groups is 1. The largest absolute Gasteiger partial charge is 0.483 e. The van der Waals surface area contributed by atoms with Crippen LogP contribution < -0.4 is 0 Å². The Morgan fingerprint density at radius 3 is 2.39 bits per heavy atom. The number of aliphatic hydroxyl groups excluding tert-OH is 2. The van der Waals surface area contributed by atoms with Gasteiger partial charge in [0.05, 0.1) is 16.8 Å². The zero-order valence-electron chi connectivity index (χ0n) is 16.4. The van der Waals surface area contributed by atoms with E-state index in [2.05, 4.69) is 10.3 Å². The fraction of sp³-hybridized carbons (Fsp3) is 0.810. The molecule has 1 saturated heterocycles. The van der Waals surface area contributed by atoms with Gasteiger partial charge in [-0.25, -0.2) is 4.98 Å². The molecule has 0 spiro atoms. The minimum absolute atomic E-state index is 0.00462. The monoisotopic (exact) mass is 408 g/mol. The summed E-state index contributed by atoms with van der Waals surface area (Å²) in [5.74, 6) is 2.89. The first kappa shape index (κ1) is 20.3. The van der Waals surface area contributed by atoms with Crippen LogP contribution in [0.5, 0.6) is 0 Å². The number of carboxylic acid groups (broad SMARTS) is 1. The van der Waals surface area contributed by atoms with Crippen LogP contribution in [0.2, 0.25) is 0 Å². The number of rotatable bonds is 4. The van der Waals surface area contributed by atoms with E-state index in [-0.39, 0.29) is 25.1 Å². The van der Waals surface area contributed by atoms with E-state index in [0.717, 1.165) is 43.8 Å². The molecule has 6 nitrogen and oxygen atoms in total. The van der Waals surface area contributed by atoms with Gasteiger partial charge in [-0.15, -0.1) is 11.3 Å². The molecule has 2 atom stereocenters. The maximum absolute atomic E-state index is 9.95. The van der Waals surface area contributed by atoms with E-state index in [0.29, 0.717) is 5.41 Å². The number of hydrogen-bond acceptors (Lipinski definition) is 6. The second kappa shape index (κ2) is 8.38. The Bertz CT molecular complexity index is 644. The standard InChI is InChI=1S/C20H30N2O2S.CH2O2/c23-11-16-9-22(2-1-18(16)24)10-17-12-25-19(21-17)20-6-13-3-14(7-20)5-15(4-13)8-20;2-1-3/h12-16,18,23-24H,1-11H2;1H,(H,2,3)/t13?,14?,15?,16-,18-,20?;/m0./s1. The summed E-state index contributed by atoms with van der Waals surface area (Å²) >= 11 is 1.90. The second-order valence-electron chi connectivity index (χ2n) is 9.48. The van der Waals surface area contributed by atoms with Gasteiger partial charge in [0.15, 0.2) is 0 Å². The van der Waals surface area contributed by atoms with Crippen LogP contribution in [0.3, 0.4) is 0 Å². The molecule has 3 N–H and O–H groups in total. The van der Waals surface area contributed by atoms with E-state index in [1.165, 1.54) is 49.2 Å². The maximum atomic E-state index is 9.95. The van der Waals surface area contributed by atoms with Gasteiger partial charge >= 0.3 is 0 Å². The number of likely N-dealkylation sites (tertiary alicyclic amines) is 1. The zero-order valence-corrected chi connectivity index (χ0v) is 17.2. The molecular weight excluding hydrogens is 376 g/mol. The van der Waals surface area contributed by atoms with Crippen LogP contribution in [-0.2, 0) is 16.8 Å². The van der Waals surface area contributed by atoms with Crippen LogP contribution >= 0.6 is 11.3 Å². The number of aliphatic hydroxyl groups is 2. The lowest BCUT2D eigenvalue weighted by molar-refractivity contribution is -0.122. The first-order valence-electron chi connectivity index (χ1n) is 10.6. The number of aromatic nitrogens is 1. The van der Waals surface area contributed by atoms with E-state index in [1.807, 2.05) is 11.3 Å². The fourth-order valence-electron chi connectivity index (χ4n) is 6.64. The molecule has 7 heteroatoms. The Morgan fingerprint density at radius 1 is 1.21 bits per heavy atom. The number of thiazole rings is 1. The molecular formula is C21H32N2O4S. The first-order valence-corrected chi connectivity index (χ1v) is 11.5. The van der Waals surface area contributed by atoms with Crippen molar-refractivity contribution in [2.75, 3.05) is 19.7 Å². The van der Waals surface area contributed by atoms with Gasteiger partial charge in [-0.05, 0) is 62.7 Å². The molecule has 4 aliphatic carbocycles. The summed E-state index contributed by atoms with van der Waals surface area (Å²) in [6.07, 6.45) is 9.01. The molecule has 0 unspecified atom stereocenters. The van der Waals surface area contributed by atoms with Gasteiger partial charge in [0.25, 0.3) is 6.47 Å². The van der Waals surface area contributed by atoms with E-state index < -0.39 is 0 Å². The van der Waals surface area contributed by atoms with Crippen molar-refractivity contribution in [3.8, 4) is 0 Å². The van der Waals surface area contributed by atoms with E-state index in [1.54, 1.807) is 0 Å². The van der Waals surface area contributed by atoms with Crippen LogP contribution in [0.25, 0.3) is 0 Å². The molecule has 1 aromatic heterocycles. The van der Waals surface area contributed by atoms with Gasteiger partial charge in [-0.1, -0.05) is 0 Å². The second-order valence-corrected chi connectivity index (χ2v) is 10.3. The summed E-state index contributed by atoms with van der Waals surface area (Å²) in [5.41, 5.74) is 1.60. The average molecular weight is 409 g/mol. The molecule has 5 aliphatic rings. The molecule has 0 amide bonds. The molecule has 156 valence electrons. The van der Waals surface area contributed by atoms with Crippen molar-refractivity contribution in [2.24, 2.45) is 23.7 Å². The summed E-state index contributed by atoms with van der Waals surface area (Å²) in [6, 6.07) is 0. The maximum Gasteiger partial charge on any atom is 0.290 e. The average Bonchev–Trinajstić information content (AvgIpc) is 3.12. The van der Waals surface area contributed by atoms with Crippen molar-refractivity contribution in [3.63, 3.8) is 0 Å². The highest BCUT2D eigenvalue weighted by Gasteiger charge is 2.52. The van der Waals surface area contributed by atoms with Gasteiger partial charge in [-0.2, -0.15) is 0 Å². The molecule has 4 bridgehead atoms. The summed E-state index contributed by atoms with van der Waals surface area (Å²) < 4.78 is 0. The van der Waals surface area contributed by atoms with Crippen molar-refractivity contribution in [2.45, 2.75) is 63.0 Å². The van der Waals surface area contributed by atoms with Crippen molar-refractivity contribution in [1.29, 1.82) is 0 Å². The molecule has 0 radical (unpaired) electrons. The predicted molar refractivity (Wildman–Crippen MR) is 107 cm³/mol. The molecule has 4 saturated carbocycles. The predicted octanol–water partition coefficient (Wildman–Crippen LogP) is 2.49. The van der Waals surface area contributed by atoms with Crippen LogP contribution in [0, 0.1) is 23.7 Å². The van der Waals surface area contributed by atoms with Crippen molar-refractivity contribution in [3.05, 3.63) is 16.1 Å². The minimum Gasteiger partial charge on any atom is -0.483 e. The van der Waals surface area contributed by atoms with E-state index >= 15 is 0 Å². The molecule has 6 rings (SSSR count). The summed E-state index contributed by atoms with van der Waals surface area (Å²) in [6.45, 7) is 2.38. The summed E-state index contributed by atoms with van der Waals surface area (Å²) in [4.78, 5) is 15.8. The molecule has 1 aromatic rings. The van der Waals surface area contributed by atoms with Crippen LogP contribution in [0.15, 0.2) is 5.38 Å². The molecule has 5 fully saturated rings. The molecule has 28 heavy (non-hydrogen) atoms. The number of hydrogen-bond donors (Lipinski definition) is 3. The van der Waals surface area contributed by atoms with Gasteiger partial charge in [0.2, 0.25) is 0 Å². The molecule has 0 aromatic carbocycles. The molecule has 1 aliphatic heterocycles.